The number of nitrogens with zero attached hydrogens (tertiary/aromatic N) is 1. The molecule has 1 aromatic carbocycles. The van der Waals surface area contributed by atoms with Crippen molar-refractivity contribution in [2.24, 2.45) is 0 Å². The molecule has 0 radical (unpaired) electrons. The highest BCUT2D eigenvalue weighted by Crippen LogP contribution is 2.23. The second-order valence-corrected chi connectivity index (χ2v) is 5.74. The molecule has 0 saturated heterocycles. The van der Waals surface area contributed by atoms with Crippen molar-refractivity contribution in [1.29, 1.82) is 0 Å². The molecule has 0 aliphatic carbocycles. The fourth-order valence-electron chi connectivity index (χ4n) is 1.51. The molecule has 2 aromatic rings. The summed E-state index contributed by atoms with van der Waals surface area (Å²) >= 11 is 12.8. The predicted octanol–water partition coefficient (Wildman–Crippen LogP) is 3.98. The molecular weight excluding hydrogens is 349 g/mol. The first kappa shape index (κ1) is 16.7. The number of carbonyl (C=O) groups is 2. The molecule has 0 bridgehead atoms. The Bertz CT molecular complexity index is 702. The van der Waals surface area contributed by atoms with Crippen molar-refractivity contribution >= 4 is 46.5 Å². The summed E-state index contributed by atoms with van der Waals surface area (Å²) in [5.41, 5.74) is 0.761. The molecule has 0 saturated carbocycles. The Morgan fingerprint density at radius 2 is 1.95 bits per heavy atom. The average Bonchev–Trinajstić information content (AvgIpc) is 2.97. The molecule has 0 N–H and O–H groups in total. The van der Waals surface area contributed by atoms with Crippen molar-refractivity contribution in [3.63, 3.8) is 0 Å². The van der Waals surface area contributed by atoms with Gasteiger partial charge in [-0.2, -0.15) is 0 Å². The summed E-state index contributed by atoms with van der Waals surface area (Å²) in [6, 6.07) is 4.46. The fourth-order valence-corrected chi connectivity index (χ4v) is 2.50. The SMILES string of the molecule is CCOC(=O)c1nc(COC(=O)c2ccc(Cl)c(Cl)c2)cs1. The quantitative estimate of drug-likeness (QED) is 0.755. The van der Waals surface area contributed by atoms with E-state index in [1.54, 1.807) is 12.3 Å². The van der Waals surface area contributed by atoms with Crippen LogP contribution in [-0.4, -0.2) is 23.5 Å². The molecular formula is C14H11Cl2NO4S. The maximum atomic E-state index is 11.9. The zero-order chi connectivity index (χ0) is 16.1. The lowest BCUT2D eigenvalue weighted by Crippen LogP contribution is -2.07. The van der Waals surface area contributed by atoms with Gasteiger partial charge in [-0.25, -0.2) is 14.6 Å². The average molecular weight is 360 g/mol. The van der Waals surface area contributed by atoms with E-state index in [9.17, 15) is 9.59 Å². The van der Waals surface area contributed by atoms with Crippen molar-refractivity contribution in [2.45, 2.75) is 13.5 Å². The zero-order valence-corrected chi connectivity index (χ0v) is 13.8. The van der Waals surface area contributed by atoms with Crippen molar-refractivity contribution in [1.82, 2.24) is 4.98 Å². The molecule has 1 heterocycles. The first-order valence-electron chi connectivity index (χ1n) is 6.25. The van der Waals surface area contributed by atoms with Crippen LogP contribution in [-0.2, 0) is 16.1 Å². The van der Waals surface area contributed by atoms with Crippen molar-refractivity contribution in [3.05, 3.63) is 49.9 Å². The fraction of sp³-hybridized carbons (Fsp3) is 0.214. The smallest absolute Gasteiger partial charge is 0.367 e. The van der Waals surface area contributed by atoms with E-state index in [1.807, 2.05) is 0 Å². The highest BCUT2D eigenvalue weighted by atomic mass is 35.5. The minimum absolute atomic E-state index is 0.0466. The summed E-state index contributed by atoms with van der Waals surface area (Å²) in [4.78, 5) is 27.4. The number of rotatable bonds is 5. The van der Waals surface area contributed by atoms with E-state index in [4.69, 9.17) is 32.7 Å². The van der Waals surface area contributed by atoms with Crippen LogP contribution in [0.4, 0.5) is 0 Å². The molecule has 0 aliphatic rings. The molecule has 8 heteroatoms. The highest BCUT2D eigenvalue weighted by molar-refractivity contribution is 7.11. The van der Waals surface area contributed by atoms with Crippen LogP contribution >= 0.6 is 34.5 Å². The summed E-state index contributed by atoms with van der Waals surface area (Å²) in [5.74, 6) is -1.04. The molecule has 5 nitrogen and oxygen atoms in total. The number of carbonyl (C=O) groups excluding carboxylic acids is 2. The number of thiazole rings is 1. The molecule has 0 unspecified atom stereocenters. The van der Waals surface area contributed by atoms with Gasteiger partial charge in [-0.3, -0.25) is 0 Å². The molecule has 2 rings (SSSR count). The van der Waals surface area contributed by atoms with E-state index < -0.39 is 11.9 Å². The van der Waals surface area contributed by atoms with Gasteiger partial charge in [0, 0.05) is 5.38 Å². The van der Waals surface area contributed by atoms with Crippen LogP contribution in [0.2, 0.25) is 10.0 Å². The summed E-state index contributed by atoms with van der Waals surface area (Å²) in [7, 11) is 0. The van der Waals surface area contributed by atoms with Gasteiger partial charge >= 0.3 is 11.9 Å². The normalized spacial score (nSPS) is 10.3. The van der Waals surface area contributed by atoms with Crippen LogP contribution < -0.4 is 0 Å². The van der Waals surface area contributed by atoms with Crippen LogP contribution in [0.5, 0.6) is 0 Å². The summed E-state index contributed by atoms with van der Waals surface area (Å²) in [6.07, 6.45) is 0. The van der Waals surface area contributed by atoms with Crippen molar-refractivity contribution in [3.8, 4) is 0 Å². The van der Waals surface area contributed by atoms with Gasteiger partial charge in [0.15, 0.2) is 0 Å². The standard InChI is InChI=1S/C14H11Cl2NO4S/c1-2-20-14(19)12-17-9(7-22-12)6-21-13(18)8-3-4-10(15)11(16)5-8/h3-5,7H,2,6H2,1H3. The van der Waals surface area contributed by atoms with Crippen LogP contribution in [0, 0.1) is 0 Å². The number of aromatic nitrogens is 1. The number of halogens is 2. The topological polar surface area (TPSA) is 65.5 Å². The van der Waals surface area contributed by atoms with E-state index in [0.29, 0.717) is 10.7 Å². The molecule has 0 spiro atoms. The van der Waals surface area contributed by atoms with E-state index in [-0.39, 0.29) is 28.8 Å². The lowest BCUT2D eigenvalue weighted by atomic mass is 10.2. The van der Waals surface area contributed by atoms with Crippen LogP contribution in [0.1, 0.15) is 32.8 Å². The van der Waals surface area contributed by atoms with Gasteiger partial charge < -0.3 is 9.47 Å². The Morgan fingerprint density at radius 3 is 2.64 bits per heavy atom. The van der Waals surface area contributed by atoms with E-state index in [1.165, 1.54) is 18.2 Å². The lowest BCUT2D eigenvalue weighted by molar-refractivity contribution is 0.0468. The Labute approximate surface area is 140 Å². The third-order valence-corrected chi connectivity index (χ3v) is 4.12. The van der Waals surface area contributed by atoms with E-state index in [2.05, 4.69) is 4.98 Å². The lowest BCUT2D eigenvalue weighted by Gasteiger charge is -2.04. The van der Waals surface area contributed by atoms with Gasteiger partial charge in [-0.05, 0) is 25.1 Å². The Kier molecular flexibility index (Phi) is 5.76. The first-order chi connectivity index (χ1) is 10.5. The summed E-state index contributed by atoms with van der Waals surface area (Å²) in [6.45, 7) is 1.94. The molecule has 22 heavy (non-hydrogen) atoms. The molecule has 0 fully saturated rings. The van der Waals surface area contributed by atoms with Crippen LogP contribution in [0.25, 0.3) is 0 Å². The minimum atomic E-state index is -0.552. The second-order valence-electron chi connectivity index (χ2n) is 4.07. The number of hydrogen-bond acceptors (Lipinski definition) is 6. The maximum absolute atomic E-state index is 11.9. The predicted molar refractivity (Wildman–Crippen MR) is 83.7 cm³/mol. The Morgan fingerprint density at radius 1 is 1.18 bits per heavy atom. The van der Waals surface area contributed by atoms with Crippen LogP contribution in [0.3, 0.4) is 0 Å². The Balaban J connectivity index is 1.96. The summed E-state index contributed by atoms with van der Waals surface area (Å²) in [5, 5.41) is 2.49. The minimum Gasteiger partial charge on any atom is -0.461 e. The van der Waals surface area contributed by atoms with E-state index >= 15 is 0 Å². The zero-order valence-electron chi connectivity index (χ0n) is 11.5. The Hall–Kier alpha value is -1.63. The summed E-state index contributed by atoms with van der Waals surface area (Å²) < 4.78 is 9.95. The molecule has 0 amide bonds. The second kappa shape index (κ2) is 7.58. The van der Waals surface area contributed by atoms with Gasteiger partial charge in [0.1, 0.15) is 6.61 Å². The number of hydrogen-bond donors (Lipinski definition) is 0. The van der Waals surface area contributed by atoms with Gasteiger partial charge in [0.2, 0.25) is 5.01 Å². The number of benzene rings is 1. The third-order valence-electron chi connectivity index (χ3n) is 2.51. The molecule has 1 aromatic heterocycles. The van der Waals surface area contributed by atoms with Gasteiger partial charge in [0.05, 0.1) is 27.9 Å². The molecule has 116 valence electrons. The van der Waals surface area contributed by atoms with Crippen LogP contribution in [0.15, 0.2) is 23.6 Å². The van der Waals surface area contributed by atoms with Crippen molar-refractivity contribution < 1.29 is 19.1 Å². The largest absolute Gasteiger partial charge is 0.461 e. The van der Waals surface area contributed by atoms with Crippen molar-refractivity contribution in [2.75, 3.05) is 6.61 Å². The highest BCUT2D eigenvalue weighted by Gasteiger charge is 2.14. The monoisotopic (exact) mass is 359 g/mol. The molecule has 0 atom stereocenters. The number of esters is 2. The third kappa shape index (κ3) is 4.19. The van der Waals surface area contributed by atoms with E-state index in [0.717, 1.165) is 11.3 Å². The van der Waals surface area contributed by atoms with Gasteiger partial charge in [-0.15, -0.1) is 11.3 Å². The van der Waals surface area contributed by atoms with Gasteiger partial charge in [-0.1, -0.05) is 23.2 Å². The maximum Gasteiger partial charge on any atom is 0.367 e. The molecule has 0 aliphatic heterocycles. The number of ether oxygens (including phenoxy) is 2. The first-order valence-corrected chi connectivity index (χ1v) is 7.88. The van der Waals surface area contributed by atoms with Gasteiger partial charge in [0.25, 0.3) is 0 Å².